The third-order valence-electron chi connectivity index (χ3n) is 2.78. The number of hydrogen-bond acceptors (Lipinski definition) is 4. The summed E-state index contributed by atoms with van der Waals surface area (Å²) in [7, 11) is 1.89. The number of hydrogen-bond donors (Lipinski definition) is 1. The number of thiazole rings is 1. The van der Waals surface area contributed by atoms with Crippen LogP contribution in [0.2, 0.25) is 0 Å². The van der Waals surface area contributed by atoms with Crippen LogP contribution in [0.25, 0.3) is 0 Å². The second-order valence-corrected chi connectivity index (χ2v) is 4.87. The van der Waals surface area contributed by atoms with Crippen molar-refractivity contribution in [2.75, 3.05) is 0 Å². The molecule has 86 valence electrons. The summed E-state index contributed by atoms with van der Waals surface area (Å²) in [5.41, 5.74) is 4.65. The molecule has 0 spiro atoms. The van der Waals surface area contributed by atoms with Crippen LogP contribution in [-0.4, -0.2) is 19.9 Å². The quantitative estimate of drug-likeness (QED) is 0.885. The van der Waals surface area contributed by atoms with Crippen molar-refractivity contribution in [3.05, 3.63) is 33.5 Å². The van der Waals surface area contributed by atoms with Gasteiger partial charge in [0.1, 0.15) is 0 Å². The monoisotopic (exact) mass is 237 g/mol. The minimum Gasteiger partial charge on any atom is -0.388 e. The lowest BCUT2D eigenvalue weighted by Gasteiger charge is -2.09. The molecule has 4 nitrogen and oxygen atoms in total. The van der Waals surface area contributed by atoms with Crippen LogP contribution in [0.15, 0.2) is 11.7 Å². The third-order valence-corrected chi connectivity index (χ3v) is 3.58. The number of nitrogens with zero attached hydrogens (tertiary/aromatic N) is 3. The van der Waals surface area contributed by atoms with Gasteiger partial charge >= 0.3 is 0 Å². The molecule has 0 radical (unpaired) electrons. The van der Waals surface area contributed by atoms with Gasteiger partial charge in [-0.05, 0) is 13.8 Å². The average molecular weight is 237 g/mol. The number of aromatic nitrogens is 3. The Morgan fingerprint density at radius 3 is 2.75 bits per heavy atom. The van der Waals surface area contributed by atoms with Crippen molar-refractivity contribution in [3.63, 3.8) is 0 Å². The van der Waals surface area contributed by atoms with Gasteiger partial charge in [-0.1, -0.05) is 0 Å². The number of aryl methyl sites for hydroxylation is 2. The average Bonchev–Trinajstić information content (AvgIpc) is 2.77. The number of aliphatic hydroxyl groups is 1. The van der Waals surface area contributed by atoms with E-state index in [-0.39, 0.29) is 0 Å². The fraction of sp³-hybridized carbons (Fsp3) is 0.455. The van der Waals surface area contributed by atoms with Crippen LogP contribution in [0.3, 0.4) is 0 Å². The highest BCUT2D eigenvalue weighted by Crippen LogP contribution is 2.25. The second kappa shape index (κ2) is 4.35. The number of rotatable bonds is 3. The van der Waals surface area contributed by atoms with Gasteiger partial charge in [0.2, 0.25) is 0 Å². The van der Waals surface area contributed by atoms with Crippen LogP contribution < -0.4 is 0 Å². The molecule has 1 atom stereocenters. The Hall–Kier alpha value is -1.20. The van der Waals surface area contributed by atoms with Gasteiger partial charge in [0.25, 0.3) is 0 Å². The fourth-order valence-corrected chi connectivity index (χ4v) is 2.54. The molecule has 2 heterocycles. The third kappa shape index (κ3) is 2.01. The van der Waals surface area contributed by atoms with E-state index in [4.69, 9.17) is 0 Å². The first kappa shape index (κ1) is 11.3. The van der Waals surface area contributed by atoms with Crippen molar-refractivity contribution >= 4 is 11.3 Å². The summed E-state index contributed by atoms with van der Waals surface area (Å²) < 4.78 is 1.81. The van der Waals surface area contributed by atoms with Crippen LogP contribution in [0, 0.1) is 13.8 Å². The van der Waals surface area contributed by atoms with Gasteiger partial charge in [0.15, 0.2) is 0 Å². The van der Waals surface area contributed by atoms with Crippen molar-refractivity contribution < 1.29 is 5.11 Å². The molecule has 2 aromatic rings. The molecule has 0 saturated heterocycles. The van der Waals surface area contributed by atoms with Crippen LogP contribution in [0.4, 0.5) is 0 Å². The molecule has 0 aliphatic carbocycles. The molecule has 0 bridgehead atoms. The molecule has 5 heteroatoms. The summed E-state index contributed by atoms with van der Waals surface area (Å²) >= 11 is 1.57. The Bertz CT molecular complexity index is 476. The predicted octanol–water partition coefficient (Wildman–Crippen LogP) is 1.77. The molecule has 1 unspecified atom stereocenters. The Morgan fingerprint density at radius 1 is 1.50 bits per heavy atom. The van der Waals surface area contributed by atoms with E-state index in [1.807, 2.05) is 20.9 Å². The summed E-state index contributed by atoms with van der Waals surface area (Å²) in [6.07, 6.45) is 1.92. The lowest BCUT2D eigenvalue weighted by Crippen LogP contribution is -2.04. The molecule has 0 fully saturated rings. The molecule has 2 rings (SSSR count). The van der Waals surface area contributed by atoms with Gasteiger partial charge in [-0.3, -0.25) is 9.67 Å². The Morgan fingerprint density at radius 2 is 2.25 bits per heavy atom. The van der Waals surface area contributed by atoms with E-state index in [1.165, 1.54) is 0 Å². The zero-order valence-electron chi connectivity index (χ0n) is 9.64. The summed E-state index contributed by atoms with van der Waals surface area (Å²) in [6.45, 7) is 3.91. The van der Waals surface area contributed by atoms with Crippen molar-refractivity contribution in [3.8, 4) is 0 Å². The first-order valence-electron chi connectivity index (χ1n) is 5.15. The minimum absolute atomic E-state index is 0.492. The predicted molar refractivity (Wildman–Crippen MR) is 63.5 cm³/mol. The minimum atomic E-state index is -0.492. The lowest BCUT2D eigenvalue weighted by atomic mass is 10.0. The van der Waals surface area contributed by atoms with E-state index in [9.17, 15) is 5.11 Å². The van der Waals surface area contributed by atoms with Crippen LogP contribution in [-0.2, 0) is 13.5 Å². The molecule has 1 N–H and O–H groups in total. The molecule has 0 aliphatic rings. The summed E-state index contributed by atoms with van der Waals surface area (Å²) in [4.78, 5) is 5.10. The fourth-order valence-electron chi connectivity index (χ4n) is 1.91. The van der Waals surface area contributed by atoms with E-state index in [1.54, 1.807) is 27.7 Å². The van der Waals surface area contributed by atoms with E-state index in [0.717, 1.165) is 21.8 Å². The normalized spacial score (nSPS) is 13.0. The van der Waals surface area contributed by atoms with Crippen LogP contribution in [0.5, 0.6) is 0 Å². The second-order valence-electron chi connectivity index (χ2n) is 3.90. The zero-order valence-corrected chi connectivity index (χ0v) is 10.5. The maximum absolute atomic E-state index is 10.2. The molecule has 0 saturated carbocycles. The topological polar surface area (TPSA) is 50.9 Å². The summed E-state index contributed by atoms with van der Waals surface area (Å²) in [5.74, 6) is 0. The lowest BCUT2D eigenvalue weighted by molar-refractivity contribution is 0.178. The molecule has 2 aromatic heterocycles. The van der Waals surface area contributed by atoms with Gasteiger partial charge < -0.3 is 5.11 Å². The smallest absolute Gasteiger partial charge is 0.0874 e. The highest BCUT2D eigenvalue weighted by Gasteiger charge is 2.18. The van der Waals surface area contributed by atoms with Crippen molar-refractivity contribution in [2.45, 2.75) is 26.4 Å². The standard InChI is InChI=1S/C11H15N3OS/c1-7-11(8(2)14(3)13-7)10(15)4-9-5-12-6-16-9/h5-6,10,15H,4H2,1-3H3. The maximum Gasteiger partial charge on any atom is 0.0874 e. The first-order chi connectivity index (χ1) is 7.59. The van der Waals surface area contributed by atoms with E-state index < -0.39 is 6.10 Å². The van der Waals surface area contributed by atoms with Gasteiger partial charge in [-0.25, -0.2) is 0 Å². The number of aliphatic hydroxyl groups excluding tert-OH is 1. The molecular weight excluding hydrogens is 222 g/mol. The molecule has 16 heavy (non-hydrogen) atoms. The zero-order chi connectivity index (χ0) is 11.7. The maximum atomic E-state index is 10.2. The Labute approximate surface area is 98.6 Å². The largest absolute Gasteiger partial charge is 0.388 e. The van der Waals surface area contributed by atoms with E-state index >= 15 is 0 Å². The SMILES string of the molecule is Cc1nn(C)c(C)c1C(O)Cc1cncs1. The van der Waals surface area contributed by atoms with Gasteiger partial charge in [0, 0.05) is 35.8 Å². The van der Waals surface area contributed by atoms with E-state index in [2.05, 4.69) is 10.1 Å². The highest BCUT2D eigenvalue weighted by molar-refractivity contribution is 7.09. The Balaban J connectivity index is 2.24. The van der Waals surface area contributed by atoms with Crippen LogP contribution in [0.1, 0.15) is 27.9 Å². The highest BCUT2D eigenvalue weighted by atomic mass is 32.1. The van der Waals surface area contributed by atoms with Crippen molar-refractivity contribution in [2.24, 2.45) is 7.05 Å². The van der Waals surface area contributed by atoms with Gasteiger partial charge in [-0.2, -0.15) is 5.10 Å². The van der Waals surface area contributed by atoms with Crippen molar-refractivity contribution in [1.82, 2.24) is 14.8 Å². The Kier molecular flexibility index (Phi) is 3.07. The summed E-state index contributed by atoms with van der Waals surface area (Å²) in [6, 6.07) is 0. The molecule has 0 aromatic carbocycles. The van der Waals surface area contributed by atoms with Gasteiger partial charge in [0.05, 0.1) is 17.3 Å². The summed E-state index contributed by atoms with van der Waals surface area (Å²) in [5, 5.41) is 14.5. The first-order valence-corrected chi connectivity index (χ1v) is 6.03. The molecular formula is C11H15N3OS. The van der Waals surface area contributed by atoms with Crippen LogP contribution >= 0.6 is 11.3 Å². The van der Waals surface area contributed by atoms with Crippen molar-refractivity contribution in [1.29, 1.82) is 0 Å². The van der Waals surface area contributed by atoms with E-state index in [0.29, 0.717) is 6.42 Å². The molecule has 0 aliphatic heterocycles. The van der Waals surface area contributed by atoms with Gasteiger partial charge in [-0.15, -0.1) is 11.3 Å². The molecule has 0 amide bonds.